The first kappa shape index (κ1) is 38.9. The second-order valence-electron chi connectivity index (χ2n) is 14.9. The summed E-state index contributed by atoms with van der Waals surface area (Å²) in [5, 5.41) is 6.25. The Morgan fingerprint density at radius 1 is 1.05 bits per heavy atom. The average molecular weight is 840 g/mol. The van der Waals surface area contributed by atoms with E-state index in [-0.39, 0.29) is 43.1 Å². The van der Waals surface area contributed by atoms with E-state index < -0.39 is 68.7 Å². The third-order valence-corrected chi connectivity index (χ3v) is 13.3. The summed E-state index contributed by atoms with van der Waals surface area (Å²) in [4.78, 5) is 66.0. The quantitative estimate of drug-likeness (QED) is 0.201. The Morgan fingerprint density at radius 2 is 1.86 bits per heavy atom. The molecular formula is C39H40Cl2N6O9S. The Hall–Kier alpha value is -4.93. The highest BCUT2D eigenvalue weighted by Crippen LogP contribution is 2.46. The molecule has 15 nitrogen and oxygen atoms in total. The number of hydrogen-bond acceptors (Lipinski definition) is 11. The van der Waals surface area contributed by atoms with Crippen molar-refractivity contribution < 1.29 is 41.5 Å². The zero-order valence-electron chi connectivity index (χ0n) is 30.8. The van der Waals surface area contributed by atoms with Crippen molar-refractivity contribution in [2.24, 2.45) is 5.92 Å². The summed E-state index contributed by atoms with van der Waals surface area (Å²) in [7, 11) is -2.73. The molecule has 57 heavy (non-hydrogen) atoms. The predicted octanol–water partition coefficient (Wildman–Crippen LogP) is 5.43. The molecule has 3 N–H and O–H groups in total. The van der Waals surface area contributed by atoms with Gasteiger partial charge in [-0.05, 0) is 68.9 Å². The Balaban J connectivity index is 1.15. The van der Waals surface area contributed by atoms with Gasteiger partial charge in [0, 0.05) is 28.3 Å². The molecule has 4 aromatic rings. The van der Waals surface area contributed by atoms with Crippen LogP contribution in [-0.2, 0) is 29.1 Å². The maximum atomic E-state index is 14.5. The van der Waals surface area contributed by atoms with Gasteiger partial charge < -0.3 is 29.4 Å². The van der Waals surface area contributed by atoms with Crippen LogP contribution < -0.4 is 20.1 Å². The van der Waals surface area contributed by atoms with Gasteiger partial charge in [-0.1, -0.05) is 60.3 Å². The number of furan rings is 1. The van der Waals surface area contributed by atoms with Crippen molar-refractivity contribution in [3.05, 3.63) is 64.7 Å². The molecule has 5 atom stereocenters. The number of nitrogens with one attached hydrogen (secondary N) is 3. The molecule has 4 amide bonds. The molecular weight excluding hydrogens is 799 g/mol. The molecule has 0 spiro atoms. The monoisotopic (exact) mass is 838 g/mol. The number of hydrogen-bond donors (Lipinski definition) is 3. The van der Waals surface area contributed by atoms with Crippen LogP contribution in [-0.4, -0.2) is 89.7 Å². The van der Waals surface area contributed by atoms with Crippen molar-refractivity contribution in [2.45, 2.75) is 86.8 Å². The highest BCUT2D eigenvalue weighted by atomic mass is 35.5. The lowest BCUT2D eigenvalue weighted by Gasteiger charge is -2.29. The molecule has 300 valence electrons. The fourth-order valence-electron chi connectivity index (χ4n) is 7.64. The normalized spacial score (nSPS) is 25.5. The Labute approximate surface area is 337 Å². The summed E-state index contributed by atoms with van der Waals surface area (Å²) < 4.78 is 45.5. The number of fused-ring (bicyclic) bond motifs is 5. The van der Waals surface area contributed by atoms with Gasteiger partial charge >= 0.3 is 6.09 Å². The number of allylic oxidation sites excluding steroid dienone is 1. The van der Waals surface area contributed by atoms with E-state index in [0.29, 0.717) is 57.8 Å². The van der Waals surface area contributed by atoms with Crippen LogP contribution in [0.5, 0.6) is 5.88 Å². The first-order valence-electron chi connectivity index (χ1n) is 18.9. The van der Waals surface area contributed by atoms with E-state index in [0.717, 1.165) is 12.8 Å². The zero-order valence-corrected chi connectivity index (χ0v) is 33.2. The molecule has 0 unspecified atom stereocenters. The molecule has 3 fully saturated rings. The van der Waals surface area contributed by atoms with Crippen molar-refractivity contribution in [2.75, 3.05) is 13.7 Å². The topological polar surface area (TPSA) is 199 Å². The molecule has 2 aromatic heterocycles. The fraction of sp³-hybridized carbons (Fsp3) is 0.436. The van der Waals surface area contributed by atoms with E-state index in [1.54, 1.807) is 24.3 Å². The maximum absolute atomic E-state index is 14.5. The molecule has 4 heterocycles. The van der Waals surface area contributed by atoms with Gasteiger partial charge in [0.1, 0.15) is 34.8 Å². The molecule has 8 rings (SSSR count). The second-order valence-corrected chi connectivity index (χ2v) is 17.7. The highest BCUT2D eigenvalue weighted by Gasteiger charge is 2.62. The summed E-state index contributed by atoms with van der Waals surface area (Å²) in [5.41, 5.74) is 0.131. The van der Waals surface area contributed by atoms with Gasteiger partial charge in [-0.2, -0.15) is 4.98 Å². The number of carbonyl (C=O) groups excluding carboxylic acids is 4. The van der Waals surface area contributed by atoms with Crippen molar-refractivity contribution in [1.82, 2.24) is 30.2 Å². The van der Waals surface area contributed by atoms with Gasteiger partial charge in [0.05, 0.1) is 23.9 Å². The maximum Gasteiger partial charge on any atom is 0.407 e. The van der Waals surface area contributed by atoms with Crippen LogP contribution in [0.15, 0.2) is 59.0 Å². The third kappa shape index (κ3) is 7.86. The number of benzene rings is 2. The van der Waals surface area contributed by atoms with E-state index in [1.807, 2.05) is 30.4 Å². The second kappa shape index (κ2) is 15.4. The molecule has 0 bridgehead atoms. The number of ether oxygens (including phenoxy) is 2. The van der Waals surface area contributed by atoms with E-state index in [9.17, 15) is 27.6 Å². The predicted molar refractivity (Wildman–Crippen MR) is 210 cm³/mol. The smallest absolute Gasteiger partial charge is 0.407 e. The first-order chi connectivity index (χ1) is 27.4. The van der Waals surface area contributed by atoms with E-state index in [2.05, 4.69) is 15.4 Å². The number of sulfonamides is 1. The number of amides is 4. The van der Waals surface area contributed by atoms with Crippen molar-refractivity contribution in [3.63, 3.8) is 0 Å². The van der Waals surface area contributed by atoms with E-state index in [1.165, 1.54) is 12.0 Å². The van der Waals surface area contributed by atoms with Crippen molar-refractivity contribution >= 4 is 79.1 Å². The Bertz CT molecular complexity index is 2420. The minimum absolute atomic E-state index is 0.0376. The van der Waals surface area contributed by atoms with Crippen LogP contribution >= 0.6 is 23.2 Å². The lowest BCUT2D eigenvalue weighted by molar-refractivity contribution is -0.141. The molecule has 2 saturated carbocycles. The van der Waals surface area contributed by atoms with Crippen LogP contribution in [0.4, 0.5) is 4.79 Å². The molecule has 18 heteroatoms. The summed E-state index contributed by atoms with van der Waals surface area (Å²) in [6.45, 7) is -0.113. The van der Waals surface area contributed by atoms with Gasteiger partial charge in [0.25, 0.3) is 11.8 Å². The van der Waals surface area contributed by atoms with Gasteiger partial charge in [-0.25, -0.2) is 18.2 Å². The Kier molecular flexibility index (Phi) is 10.5. The number of nitrogens with zero attached hydrogens (tertiary/aromatic N) is 3. The molecule has 1 saturated heterocycles. The molecule has 0 radical (unpaired) electrons. The number of alkyl carbamates (subject to hydrolysis) is 1. The number of carbonyl (C=O) groups is 4. The van der Waals surface area contributed by atoms with E-state index >= 15 is 0 Å². The minimum Gasteiger partial charge on any atom is -0.470 e. The average Bonchev–Trinajstić information content (AvgIpc) is 4.08. The lowest BCUT2D eigenvalue weighted by atomic mass is 10.1. The summed E-state index contributed by atoms with van der Waals surface area (Å²) >= 11 is 12.8. The van der Waals surface area contributed by atoms with E-state index in [4.69, 9.17) is 47.1 Å². The summed E-state index contributed by atoms with van der Waals surface area (Å²) in [6.07, 6.45) is 6.18. The van der Waals surface area contributed by atoms with Gasteiger partial charge in [0.2, 0.25) is 27.4 Å². The Morgan fingerprint density at radius 3 is 2.63 bits per heavy atom. The molecule has 4 aliphatic rings. The number of methoxy groups -OCH3 is 1. The van der Waals surface area contributed by atoms with Crippen LogP contribution in [0.1, 0.15) is 57.8 Å². The molecule has 2 aliphatic carbocycles. The molecule has 2 aromatic carbocycles. The number of halogens is 2. The van der Waals surface area contributed by atoms with Gasteiger partial charge in [-0.3, -0.25) is 19.1 Å². The third-order valence-electron chi connectivity index (χ3n) is 11.0. The fourth-order valence-corrected chi connectivity index (χ4v) is 9.50. The SMILES string of the molecule is COC(=O)N[C@H]1CCCCCC=C[C@@H]2C[C@@]2(C(=O)NS(=O)(=O)C2CC2)NC(=O)[C@@H]2C[C@@H](Oc3nc(-c4ccc(Cl)cc4Cl)nc4c3oc3ccccc34)CN2C1=O. The first-order valence-corrected chi connectivity index (χ1v) is 21.2. The summed E-state index contributed by atoms with van der Waals surface area (Å²) in [6, 6.07) is 9.96. The van der Waals surface area contributed by atoms with Crippen LogP contribution in [0.2, 0.25) is 10.0 Å². The van der Waals surface area contributed by atoms with Crippen molar-refractivity contribution in [1.29, 1.82) is 0 Å². The summed E-state index contributed by atoms with van der Waals surface area (Å²) in [5.74, 6) is -2.26. The van der Waals surface area contributed by atoms with Gasteiger partial charge in [0.15, 0.2) is 5.82 Å². The number of para-hydroxylation sites is 1. The van der Waals surface area contributed by atoms with Gasteiger partial charge in [-0.15, -0.1) is 0 Å². The van der Waals surface area contributed by atoms with Crippen molar-refractivity contribution in [3.8, 4) is 17.3 Å². The highest BCUT2D eigenvalue weighted by molar-refractivity contribution is 7.91. The standard InChI is InChI=1S/C39H40Cl2N6O9S/c1-54-38(51)42-28-11-6-4-2-3-5-9-21-19-39(21,37(50)46-57(52,53)24-14-15-24)45-34(48)29-18-23(20-47(29)36(28)49)55-35-32-31(26-10-7-8-12-30(26)56-32)43-33(44-35)25-16-13-22(40)17-27(25)41/h5,7-10,12-13,16-17,21,23-24,28-29H,2-4,6,11,14-15,18-20H2,1H3,(H,42,51)(H,45,48)(H,46,50)/t21-,23-,28+,29+,39-/m1/s1. The molecule has 2 aliphatic heterocycles. The number of aromatic nitrogens is 2. The van der Waals surface area contributed by atoms with Crippen LogP contribution in [0.25, 0.3) is 33.5 Å². The number of rotatable bonds is 7. The minimum atomic E-state index is -3.93. The zero-order chi connectivity index (χ0) is 40.1. The van der Waals surface area contributed by atoms with Crippen LogP contribution in [0, 0.1) is 5.92 Å². The largest absolute Gasteiger partial charge is 0.470 e. The lowest BCUT2D eigenvalue weighted by Crippen LogP contribution is -2.58. The van der Waals surface area contributed by atoms with Crippen LogP contribution in [0.3, 0.4) is 0 Å².